The Bertz CT molecular complexity index is 172. The van der Waals surface area contributed by atoms with Gasteiger partial charge in [0.05, 0.1) is 12.7 Å². The number of aliphatic hydroxyl groups is 1. The summed E-state index contributed by atoms with van der Waals surface area (Å²) in [6.07, 6.45) is 0.430. The summed E-state index contributed by atoms with van der Waals surface area (Å²) in [5.41, 5.74) is -0.765. The Morgan fingerprint density at radius 2 is 2.33 bits per heavy atom. The third-order valence-electron chi connectivity index (χ3n) is 1.86. The van der Waals surface area contributed by atoms with Gasteiger partial charge in [-0.3, -0.25) is 4.79 Å². The standard InChI is InChI=1S/C7H13NO3.ClH/c1-7(10)3-5(8-4-7)6(9)11-2;/h5,8,10H,3-4H2,1-2H3;1H/t5-,7?;/m0./s1. The molecule has 0 spiro atoms. The highest BCUT2D eigenvalue weighted by Gasteiger charge is 2.36. The van der Waals surface area contributed by atoms with Crippen LogP contribution in [0.2, 0.25) is 0 Å². The molecule has 1 rings (SSSR count). The van der Waals surface area contributed by atoms with Crippen LogP contribution in [0.25, 0.3) is 0 Å². The molecular formula is C7H14ClNO3. The van der Waals surface area contributed by atoms with Gasteiger partial charge in [-0.2, -0.15) is 0 Å². The van der Waals surface area contributed by atoms with Crippen LogP contribution in [0.4, 0.5) is 0 Å². The molecule has 1 fully saturated rings. The number of hydrogen-bond acceptors (Lipinski definition) is 4. The molecule has 2 N–H and O–H groups in total. The second kappa shape index (κ2) is 4.07. The van der Waals surface area contributed by atoms with Gasteiger partial charge in [0.15, 0.2) is 0 Å². The van der Waals surface area contributed by atoms with E-state index < -0.39 is 5.60 Å². The topological polar surface area (TPSA) is 58.6 Å². The van der Waals surface area contributed by atoms with E-state index in [0.29, 0.717) is 13.0 Å². The van der Waals surface area contributed by atoms with Gasteiger partial charge in [-0.1, -0.05) is 0 Å². The first-order valence-electron chi connectivity index (χ1n) is 3.59. The molecule has 1 unspecified atom stereocenters. The van der Waals surface area contributed by atoms with Crippen LogP contribution in [0, 0.1) is 0 Å². The predicted molar refractivity (Wildman–Crippen MR) is 46.3 cm³/mol. The number of halogens is 1. The van der Waals surface area contributed by atoms with Gasteiger partial charge in [0.25, 0.3) is 0 Å². The number of nitrogens with one attached hydrogen (secondary N) is 1. The van der Waals surface area contributed by atoms with Gasteiger partial charge in [-0.05, 0) is 6.92 Å². The lowest BCUT2D eigenvalue weighted by Gasteiger charge is -2.13. The molecule has 12 heavy (non-hydrogen) atoms. The molecule has 0 aromatic rings. The van der Waals surface area contributed by atoms with E-state index in [2.05, 4.69) is 10.1 Å². The summed E-state index contributed by atoms with van der Waals surface area (Å²) in [4.78, 5) is 10.9. The molecule has 2 atom stereocenters. The van der Waals surface area contributed by atoms with E-state index in [-0.39, 0.29) is 24.4 Å². The highest BCUT2D eigenvalue weighted by molar-refractivity contribution is 5.85. The minimum absolute atomic E-state index is 0. The molecule has 72 valence electrons. The molecule has 1 aliphatic rings. The van der Waals surface area contributed by atoms with E-state index >= 15 is 0 Å². The van der Waals surface area contributed by atoms with Gasteiger partial charge < -0.3 is 15.2 Å². The third kappa shape index (κ3) is 2.62. The first-order chi connectivity index (χ1) is 5.05. The van der Waals surface area contributed by atoms with Crippen molar-refractivity contribution in [3.63, 3.8) is 0 Å². The second-order valence-corrected chi connectivity index (χ2v) is 3.16. The largest absolute Gasteiger partial charge is 0.468 e. The third-order valence-corrected chi connectivity index (χ3v) is 1.86. The highest BCUT2D eigenvalue weighted by Crippen LogP contribution is 2.18. The van der Waals surface area contributed by atoms with E-state index in [4.69, 9.17) is 0 Å². The van der Waals surface area contributed by atoms with Crippen LogP contribution in [-0.4, -0.2) is 36.4 Å². The van der Waals surface area contributed by atoms with E-state index in [1.807, 2.05) is 0 Å². The molecule has 0 aliphatic carbocycles. The van der Waals surface area contributed by atoms with E-state index in [1.165, 1.54) is 7.11 Å². The number of methoxy groups -OCH3 is 1. The van der Waals surface area contributed by atoms with Crippen molar-refractivity contribution in [1.82, 2.24) is 5.32 Å². The van der Waals surface area contributed by atoms with Gasteiger partial charge >= 0.3 is 5.97 Å². The molecule has 1 saturated heterocycles. The van der Waals surface area contributed by atoms with Crippen LogP contribution < -0.4 is 5.32 Å². The molecule has 0 aromatic carbocycles. The molecule has 0 radical (unpaired) electrons. The van der Waals surface area contributed by atoms with E-state index in [9.17, 15) is 9.90 Å². The fourth-order valence-electron chi connectivity index (χ4n) is 1.24. The van der Waals surface area contributed by atoms with Gasteiger partial charge in [0.1, 0.15) is 6.04 Å². The van der Waals surface area contributed by atoms with Gasteiger partial charge in [-0.25, -0.2) is 0 Å². The van der Waals surface area contributed by atoms with Gasteiger partial charge in [-0.15, -0.1) is 12.4 Å². The predicted octanol–water partition coefficient (Wildman–Crippen LogP) is -0.306. The number of hydrogen-bond donors (Lipinski definition) is 2. The van der Waals surface area contributed by atoms with Gasteiger partial charge in [0.2, 0.25) is 0 Å². The minimum Gasteiger partial charge on any atom is -0.468 e. The van der Waals surface area contributed by atoms with Crippen LogP contribution >= 0.6 is 12.4 Å². The first-order valence-corrected chi connectivity index (χ1v) is 3.59. The Labute approximate surface area is 77.7 Å². The number of carbonyl (C=O) groups is 1. The van der Waals surface area contributed by atoms with E-state index in [1.54, 1.807) is 6.92 Å². The number of rotatable bonds is 1. The maximum absolute atomic E-state index is 10.9. The normalized spacial score (nSPS) is 34.1. The van der Waals surface area contributed by atoms with Crippen molar-refractivity contribution in [2.45, 2.75) is 25.0 Å². The van der Waals surface area contributed by atoms with Crippen molar-refractivity contribution in [2.75, 3.05) is 13.7 Å². The smallest absolute Gasteiger partial charge is 0.322 e. The fourth-order valence-corrected chi connectivity index (χ4v) is 1.24. The zero-order chi connectivity index (χ0) is 8.48. The molecule has 0 aromatic heterocycles. The minimum atomic E-state index is -0.765. The van der Waals surface area contributed by atoms with Crippen molar-refractivity contribution < 1.29 is 14.6 Å². The van der Waals surface area contributed by atoms with Crippen LogP contribution in [0.5, 0.6) is 0 Å². The number of esters is 1. The van der Waals surface area contributed by atoms with Crippen molar-refractivity contribution in [3.8, 4) is 0 Å². The maximum atomic E-state index is 10.9. The number of carbonyl (C=O) groups excluding carboxylic acids is 1. The fraction of sp³-hybridized carbons (Fsp3) is 0.857. The quantitative estimate of drug-likeness (QED) is 0.564. The molecule has 0 bridgehead atoms. The number of β-amino-alcohol motifs (C(OH)–C–C–N with tert-alkyl or cyclic N) is 1. The van der Waals surface area contributed by atoms with Crippen molar-refractivity contribution in [1.29, 1.82) is 0 Å². The number of ether oxygens (including phenoxy) is 1. The van der Waals surface area contributed by atoms with Gasteiger partial charge in [0, 0.05) is 13.0 Å². The highest BCUT2D eigenvalue weighted by atomic mass is 35.5. The summed E-state index contributed by atoms with van der Waals surface area (Å²) in [6, 6.07) is -0.338. The Hall–Kier alpha value is -0.320. The lowest BCUT2D eigenvalue weighted by atomic mass is 10.0. The average molecular weight is 196 g/mol. The van der Waals surface area contributed by atoms with E-state index in [0.717, 1.165) is 0 Å². The lowest BCUT2D eigenvalue weighted by molar-refractivity contribution is -0.143. The van der Waals surface area contributed by atoms with Crippen LogP contribution in [0.1, 0.15) is 13.3 Å². The Balaban J connectivity index is 0.00000121. The summed E-state index contributed by atoms with van der Waals surface area (Å²) in [5, 5.41) is 12.3. The SMILES string of the molecule is COC(=O)[C@@H]1CC(C)(O)CN1.Cl. The average Bonchev–Trinajstić information content (AvgIpc) is 2.29. The zero-order valence-electron chi connectivity index (χ0n) is 7.16. The molecule has 1 heterocycles. The molecule has 5 heteroatoms. The maximum Gasteiger partial charge on any atom is 0.322 e. The van der Waals surface area contributed by atoms with Crippen molar-refractivity contribution in [2.24, 2.45) is 0 Å². The molecular weight excluding hydrogens is 182 g/mol. The molecule has 0 amide bonds. The molecule has 1 aliphatic heterocycles. The van der Waals surface area contributed by atoms with Crippen molar-refractivity contribution >= 4 is 18.4 Å². The molecule has 0 saturated carbocycles. The molecule has 4 nitrogen and oxygen atoms in total. The summed E-state index contributed by atoms with van der Waals surface area (Å²) in [6.45, 7) is 2.15. The van der Waals surface area contributed by atoms with Crippen LogP contribution in [-0.2, 0) is 9.53 Å². The first kappa shape index (κ1) is 11.7. The summed E-state index contributed by atoms with van der Waals surface area (Å²) in [7, 11) is 1.34. The summed E-state index contributed by atoms with van der Waals surface area (Å²) < 4.78 is 4.51. The Morgan fingerprint density at radius 3 is 2.67 bits per heavy atom. The monoisotopic (exact) mass is 195 g/mol. The Morgan fingerprint density at radius 1 is 1.75 bits per heavy atom. The lowest BCUT2D eigenvalue weighted by Crippen LogP contribution is -2.31. The second-order valence-electron chi connectivity index (χ2n) is 3.16. The van der Waals surface area contributed by atoms with Crippen molar-refractivity contribution in [3.05, 3.63) is 0 Å². The summed E-state index contributed by atoms with van der Waals surface area (Å²) in [5.74, 6) is -0.303. The summed E-state index contributed by atoms with van der Waals surface area (Å²) >= 11 is 0. The van der Waals surface area contributed by atoms with Crippen LogP contribution in [0.15, 0.2) is 0 Å². The Kier molecular flexibility index (Phi) is 3.96. The zero-order valence-corrected chi connectivity index (χ0v) is 7.98. The van der Waals surface area contributed by atoms with Crippen LogP contribution in [0.3, 0.4) is 0 Å².